The Morgan fingerprint density at radius 1 is 1.36 bits per heavy atom. The topological polar surface area (TPSA) is 64.4 Å². The molecule has 1 amide bonds. The van der Waals surface area contributed by atoms with E-state index in [1.807, 2.05) is 19.1 Å². The number of aromatic nitrogens is 1. The van der Waals surface area contributed by atoms with Crippen molar-refractivity contribution in [1.82, 2.24) is 10.3 Å². The maximum absolute atomic E-state index is 12.5. The Morgan fingerprint density at radius 2 is 2.18 bits per heavy atom. The second-order valence-electron chi connectivity index (χ2n) is 6.38. The molecule has 2 aliphatic rings. The van der Waals surface area contributed by atoms with Crippen molar-refractivity contribution < 1.29 is 13.9 Å². The van der Waals surface area contributed by atoms with Crippen LogP contribution in [0.4, 0.5) is 0 Å². The van der Waals surface area contributed by atoms with Crippen molar-refractivity contribution in [3.8, 4) is 0 Å². The van der Waals surface area contributed by atoms with Crippen LogP contribution in [0.3, 0.4) is 0 Å². The minimum atomic E-state index is -0.169. The van der Waals surface area contributed by atoms with E-state index in [-0.39, 0.29) is 17.6 Å². The minimum Gasteiger partial charge on any atom is -0.449 e. The number of rotatable bonds is 2. The minimum absolute atomic E-state index is 0.0883. The number of carbonyl (C=O) groups is 1. The normalized spacial score (nSPS) is 23.4. The number of pyridine rings is 1. The highest BCUT2D eigenvalue weighted by Crippen LogP contribution is 2.41. The molecule has 2 aromatic rings. The second kappa shape index (κ2) is 5.09. The quantitative estimate of drug-likeness (QED) is 0.926. The van der Waals surface area contributed by atoms with Crippen molar-refractivity contribution in [1.29, 1.82) is 0 Å². The lowest BCUT2D eigenvalue weighted by Gasteiger charge is -2.30. The summed E-state index contributed by atoms with van der Waals surface area (Å²) >= 11 is 0. The van der Waals surface area contributed by atoms with Crippen molar-refractivity contribution in [3.05, 3.63) is 29.7 Å². The number of amides is 1. The molecule has 1 aliphatic heterocycles. The molecule has 1 aliphatic carbocycles. The summed E-state index contributed by atoms with van der Waals surface area (Å²) in [7, 11) is 0. The summed E-state index contributed by atoms with van der Waals surface area (Å²) in [5.41, 5.74) is 2.14. The summed E-state index contributed by atoms with van der Waals surface area (Å²) in [4.78, 5) is 16.9. The van der Waals surface area contributed by atoms with Gasteiger partial charge in [0.25, 0.3) is 5.91 Å². The zero-order valence-corrected chi connectivity index (χ0v) is 12.7. The fourth-order valence-electron chi connectivity index (χ4n) is 3.78. The summed E-state index contributed by atoms with van der Waals surface area (Å²) in [5.74, 6) is 0.158. The highest BCUT2D eigenvalue weighted by Gasteiger charge is 2.47. The molecule has 5 heteroatoms. The average molecular weight is 300 g/mol. The molecule has 3 heterocycles. The molecular formula is C17H20N2O3. The number of ether oxygens (including phenoxy) is 1. The van der Waals surface area contributed by atoms with E-state index in [4.69, 9.17) is 9.15 Å². The monoisotopic (exact) mass is 300 g/mol. The third-order valence-electron chi connectivity index (χ3n) is 4.92. The van der Waals surface area contributed by atoms with Crippen molar-refractivity contribution in [2.45, 2.75) is 50.7 Å². The molecule has 1 N–H and O–H groups in total. The molecule has 1 unspecified atom stereocenters. The van der Waals surface area contributed by atoms with Gasteiger partial charge in [0.05, 0.1) is 11.6 Å². The Labute approximate surface area is 129 Å². The van der Waals surface area contributed by atoms with Crippen molar-refractivity contribution in [3.63, 3.8) is 0 Å². The fraction of sp³-hybridized carbons (Fsp3) is 0.529. The average Bonchev–Trinajstić information content (AvgIpc) is 3.21. The lowest BCUT2D eigenvalue weighted by Crippen LogP contribution is -2.48. The van der Waals surface area contributed by atoms with Gasteiger partial charge in [-0.05, 0) is 38.3 Å². The number of aryl methyl sites for hydroxylation is 1. The van der Waals surface area contributed by atoms with Gasteiger partial charge in [0.15, 0.2) is 11.3 Å². The number of hydrogen-bond acceptors (Lipinski definition) is 4. The highest BCUT2D eigenvalue weighted by molar-refractivity contribution is 5.95. The van der Waals surface area contributed by atoms with Crippen LogP contribution in [0.5, 0.6) is 0 Å². The third kappa shape index (κ3) is 2.20. The SMILES string of the molecule is Cc1ccc2oc(C(=O)NC3CCOC34CCCC4)cc2n1. The Kier molecular flexibility index (Phi) is 3.18. The zero-order chi connectivity index (χ0) is 15.2. The number of nitrogens with one attached hydrogen (secondary N) is 1. The summed E-state index contributed by atoms with van der Waals surface area (Å²) in [5, 5.41) is 3.12. The van der Waals surface area contributed by atoms with Crippen molar-refractivity contribution in [2.75, 3.05) is 6.61 Å². The van der Waals surface area contributed by atoms with E-state index in [9.17, 15) is 4.79 Å². The Morgan fingerprint density at radius 3 is 3.00 bits per heavy atom. The lowest BCUT2D eigenvalue weighted by atomic mass is 9.92. The maximum atomic E-state index is 12.5. The molecule has 0 bridgehead atoms. The summed E-state index contributed by atoms with van der Waals surface area (Å²) in [6.07, 6.45) is 5.32. The number of fused-ring (bicyclic) bond motifs is 1. The molecule has 22 heavy (non-hydrogen) atoms. The van der Waals surface area contributed by atoms with Crippen LogP contribution in [-0.2, 0) is 4.74 Å². The van der Waals surface area contributed by atoms with Gasteiger partial charge in [0.2, 0.25) is 0 Å². The van der Waals surface area contributed by atoms with E-state index in [2.05, 4.69) is 10.3 Å². The van der Waals surface area contributed by atoms with Crippen LogP contribution in [0.25, 0.3) is 11.1 Å². The van der Waals surface area contributed by atoms with Gasteiger partial charge in [0.1, 0.15) is 5.52 Å². The van der Waals surface area contributed by atoms with Crippen LogP contribution in [0.1, 0.15) is 48.4 Å². The standard InChI is InChI=1S/C17H20N2O3/c1-11-4-5-13-12(18-11)10-14(22-13)16(20)19-15-6-9-21-17(15)7-2-3-8-17/h4-5,10,15H,2-3,6-9H2,1H3,(H,19,20). The number of hydrogen-bond donors (Lipinski definition) is 1. The molecule has 2 aromatic heterocycles. The third-order valence-corrected chi connectivity index (χ3v) is 4.92. The van der Waals surface area contributed by atoms with E-state index >= 15 is 0 Å². The Balaban J connectivity index is 1.55. The van der Waals surface area contributed by atoms with Crippen LogP contribution in [0.15, 0.2) is 22.6 Å². The van der Waals surface area contributed by atoms with Gasteiger partial charge in [-0.25, -0.2) is 4.98 Å². The smallest absolute Gasteiger partial charge is 0.287 e. The highest BCUT2D eigenvalue weighted by atomic mass is 16.5. The Hall–Kier alpha value is -1.88. The van der Waals surface area contributed by atoms with Gasteiger partial charge in [-0.15, -0.1) is 0 Å². The molecule has 1 atom stereocenters. The van der Waals surface area contributed by atoms with Gasteiger partial charge >= 0.3 is 0 Å². The molecule has 2 fully saturated rings. The van der Waals surface area contributed by atoms with Crippen LogP contribution < -0.4 is 5.32 Å². The molecular weight excluding hydrogens is 280 g/mol. The first-order valence-corrected chi connectivity index (χ1v) is 7.98. The van der Waals surface area contributed by atoms with E-state index in [0.717, 1.165) is 37.1 Å². The second-order valence-corrected chi connectivity index (χ2v) is 6.38. The van der Waals surface area contributed by atoms with Crippen molar-refractivity contribution >= 4 is 17.0 Å². The molecule has 0 radical (unpaired) electrons. The maximum Gasteiger partial charge on any atom is 0.287 e. The van der Waals surface area contributed by atoms with Gasteiger partial charge in [-0.3, -0.25) is 4.79 Å². The summed E-state index contributed by atoms with van der Waals surface area (Å²) in [6, 6.07) is 5.54. The van der Waals surface area contributed by atoms with E-state index < -0.39 is 0 Å². The molecule has 4 rings (SSSR count). The van der Waals surface area contributed by atoms with Crippen LogP contribution in [0.2, 0.25) is 0 Å². The predicted octanol–water partition coefficient (Wildman–Crippen LogP) is 2.97. The van der Waals surface area contributed by atoms with Crippen molar-refractivity contribution in [2.24, 2.45) is 0 Å². The van der Waals surface area contributed by atoms with Gasteiger partial charge in [-0.1, -0.05) is 12.8 Å². The number of nitrogens with zero attached hydrogens (tertiary/aromatic N) is 1. The van der Waals surface area contributed by atoms with Gasteiger partial charge in [0, 0.05) is 18.4 Å². The van der Waals surface area contributed by atoms with E-state index in [0.29, 0.717) is 11.3 Å². The lowest BCUT2D eigenvalue weighted by molar-refractivity contribution is -0.00417. The Bertz CT molecular complexity index is 710. The molecule has 5 nitrogen and oxygen atoms in total. The van der Waals surface area contributed by atoms with Crippen LogP contribution >= 0.6 is 0 Å². The van der Waals surface area contributed by atoms with E-state index in [1.165, 1.54) is 12.8 Å². The first kappa shape index (κ1) is 13.8. The van der Waals surface area contributed by atoms with E-state index in [1.54, 1.807) is 6.07 Å². The molecule has 116 valence electrons. The summed E-state index contributed by atoms with van der Waals surface area (Å²) < 4.78 is 11.6. The number of carbonyl (C=O) groups excluding carboxylic acids is 1. The first-order chi connectivity index (χ1) is 10.7. The largest absolute Gasteiger partial charge is 0.449 e. The molecule has 1 spiro atoms. The predicted molar refractivity (Wildman–Crippen MR) is 81.8 cm³/mol. The first-order valence-electron chi connectivity index (χ1n) is 7.98. The van der Waals surface area contributed by atoms with Gasteiger partial charge in [-0.2, -0.15) is 0 Å². The molecule has 0 aromatic carbocycles. The number of furan rings is 1. The van der Waals surface area contributed by atoms with Crippen LogP contribution in [0, 0.1) is 6.92 Å². The molecule has 1 saturated heterocycles. The zero-order valence-electron chi connectivity index (χ0n) is 12.7. The molecule has 1 saturated carbocycles. The van der Waals surface area contributed by atoms with Gasteiger partial charge < -0.3 is 14.5 Å². The fourth-order valence-corrected chi connectivity index (χ4v) is 3.78. The van der Waals surface area contributed by atoms with Crippen LogP contribution in [-0.4, -0.2) is 29.1 Å². The summed E-state index contributed by atoms with van der Waals surface area (Å²) in [6.45, 7) is 2.65.